The van der Waals surface area contributed by atoms with Crippen molar-refractivity contribution in [3.8, 4) is 11.5 Å². The SMILES string of the molecule is COc1cccc(OC)c1C(N)c1cccc(C)c1F. The molecule has 0 aliphatic rings. The molecule has 106 valence electrons. The second kappa shape index (κ2) is 5.92. The van der Waals surface area contributed by atoms with Crippen LogP contribution >= 0.6 is 0 Å². The van der Waals surface area contributed by atoms with Gasteiger partial charge in [-0.05, 0) is 24.6 Å². The molecule has 2 rings (SSSR count). The standard InChI is InChI=1S/C16H18FNO2/c1-10-6-4-7-11(15(10)17)16(18)14-12(19-2)8-5-9-13(14)20-3/h4-9,16H,18H2,1-3H3. The van der Waals surface area contributed by atoms with Crippen molar-refractivity contribution in [2.24, 2.45) is 5.73 Å². The molecule has 1 atom stereocenters. The molecular weight excluding hydrogens is 257 g/mol. The van der Waals surface area contributed by atoms with Crippen molar-refractivity contribution in [1.29, 1.82) is 0 Å². The summed E-state index contributed by atoms with van der Waals surface area (Å²) in [5, 5.41) is 0. The van der Waals surface area contributed by atoms with Gasteiger partial charge in [0.15, 0.2) is 0 Å². The van der Waals surface area contributed by atoms with Crippen molar-refractivity contribution >= 4 is 0 Å². The van der Waals surface area contributed by atoms with Gasteiger partial charge in [-0.15, -0.1) is 0 Å². The van der Waals surface area contributed by atoms with Gasteiger partial charge < -0.3 is 15.2 Å². The summed E-state index contributed by atoms with van der Waals surface area (Å²) in [4.78, 5) is 0. The van der Waals surface area contributed by atoms with Crippen LogP contribution in [0.2, 0.25) is 0 Å². The smallest absolute Gasteiger partial charge is 0.131 e. The van der Waals surface area contributed by atoms with E-state index in [1.54, 1.807) is 57.5 Å². The van der Waals surface area contributed by atoms with E-state index in [0.717, 1.165) is 0 Å². The Kier molecular flexibility index (Phi) is 4.25. The summed E-state index contributed by atoms with van der Waals surface area (Å²) in [6, 6.07) is 9.90. The van der Waals surface area contributed by atoms with Gasteiger partial charge in [-0.1, -0.05) is 24.3 Å². The van der Waals surface area contributed by atoms with E-state index in [9.17, 15) is 4.39 Å². The van der Waals surface area contributed by atoms with E-state index in [1.165, 1.54) is 0 Å². The Labute approximate surface area is 118 Å². The highest BCUT2D eigenvalue weighted by molar-refractivity contribution is 5.50. The number of halogens is 1. The van der Waals surface area contributed by atoms with E-state index in [0.29, 0.717) is 28.2 Å². The molecular formula is C16H18FNO2. The van der Waals surface area contributed by atoms with Crippen LogP contribution in [0.25, 0.3) is 0 Å². The third-order valence-corrected chi connectivity index (χ3v) is 3.33. The number of nitrogens with two attached hydrogens (primary N) is 1. The molecule has 0 saturated heterocycles. The molecule has 4 heteroatoms. The molecule has 0 amide bonds. The second-order valence-corrected chi connectivity index (χ2v) is 4.53. The minimum Gasteiger partial charge on any atom is -0.496 e. The first-order chi connectivity index (χ1) is 9.60. The molecule has 20 heavy (non-hydrogen) atoms. The van der Waals surface area contributed by atoms with Gasteiger partial charge in [-0.2, -0.15) is 0 Å². The number of rotatable bonds is 4. The normalized spacial score (nSPS) is 12.1. The van der Waals surface area contributed by atoms with Crippen molar-refractivity contribution in [3.63, 3.8) is 0 Å². The first kappa shape index (κ1) is 14.3. The zero-order chi connectivity index (χ0) is 14.7. The molecule has 0 heterocycles. The Balaban J connectivity index is 2.58. The molecule has 0 fully saturated rings. The summed E-state index contributed by atoms with van der Waals surface area (Å²) in [7, 11) is 3.11. The average Bonchev–Trinajstić information content (AvgIpc) is 2.48. The van der Waals surface area contributed by atoms with Gasteiger partial charge >= 0.3 is 0 Å². The van der Waals surface area contributed by atoms with Crippen molar-refractivity contribution in [3.05, 3.63) is 58.9 Å². The van der Waals surface area contributed by atoms with Crippen LogP contribution in [0.4, 0.5) is 4.39 Å². The summed E-state index contributed by atoms with van der Waals surface area (Å²) in [5.41, 5.74) is 7.87. The van der Waals surface area contributed by atoms with E-state index in [4.69, 9.17) is 15.2 Å². The van der Waals surface area contributed by atoms with Crippen molar-refractivity contribution in [2.75, 3.05) is 14.2 Å². The molecule has 2 N–H and O–H groups in total. The largest absolute Gasteiger partial charge is 0.496 e. The first-order valence-corrected chi connectivity index (χ1v) is 6.31. The van der Waals surface area contributed by atoms with Gasteiger partial charge in [-0.25, -0.2) is 4.39 Å². The molecule has 3 nitrogen and oxygen atoms in total. The van der Waals surface area contributed by atoms with Crippen LogP contribution in [0.5, 0.6) is 11.5 Å². The molecule has 2 aromatic rings. The van der Waals surface area contributed by atoms with Crippen LogP contribution in [-0.4, -0.2) is 14.2 Å². The molecule has 0 bridgehead atoms. The highest BCUT2D eigenvalue weighted by Crippen LogP contribution is 2.36. The third-order valence-electron chi connectivity index (χ3n) is 3.33. The first-order valence-electron chi connectivity index (χ1n) is 6.31. The van der Waals surface area contributed by atoms with E-state index in [2.05, 4.69) is 0 Å². The fourth-order valence-corrected chi connectivity index (χ4v) is 2.25. The van der Waals surface area contributed by atoms with E-state index in [1.807, 2.05) is 0 Å². The maximum absolute atomic E-state index is 14.2. The molecule has 0 aliphatic carbocycles. The van der Waals surface area contributed by atoms with Crippen LogP contribution in [0.15, 0.2) is 36.4 Å². The van der Waals surface area contributed by atoms with Gasteiger partial charge in [-0.3, -0.25) is 0 Å². The quantitative estimate of drug-likeness (QED) is 0.932. The van der Waals surface area contributed by atoms with E-state index >= 15 is 0 Å². The monoisotopic (exact) mass is 275 g/mol. The summed E-state index contributed by atoms with van der Waals surface area (Å²) >= 11 is 0. The van der Waals surface area contributed by atoms with Crippen LogP contribution < -0.4 is 15.2 Å². The Morgan fingerprint density at radius 1 is 1.00 bits per heavy atom. The van der Waals surface area contributed by atoms with Gasteiger partial charge in [0.05, 0.1) is 25.8 Å². The Morgan fingerprint density at radius 3 is 2.10 bits per heavy atom. The molecule has 0 spiro atoms. The Hall–Kier alpha value is -2.07. The van der Waals surface area contributed by atoms with Crippen LogP contribution in [-0.2, 0) is 0 Å². The fourth-order valence-electron chi connectivity index (χ4n) is 2.25. The molecule has 0 saturated carbocycles. The van der Waals surface area contributed by atoms with Gasteiger partial charge in [0.1, 0.15) is 17.3 Å². The summed E-state index contributed by atoms with van der Waals surface area (Å²) < 4.78 is 24.9. The number of methoxy groups -OCH3 is 2. The van der Waals surface area contributed by atoms with E-state index < -0.39 is 6.04 Å². The number of hydrogen-bond acceptors (Lipinski definition) is 3. The lowest BCUT2D eigenvalue weighted by Crippen LogP contribution is -2.16. The predicted molar refractivity (Wildman–Crippen MR) is 76.7 cm³/mol. The number of benzene rings is 2. The molecule has 0 radical (unpaired) electrons. The Bertz CT molecular complexity index is 591. The number of hydrogen-bond donors (Lipinski definition) is 1. The Morgan fingerprint density at radius 2 is 1.55 bits per heavy atom. The number of ether oxygens (including phenoxy) is 2. The molecule has 1 unspecified atom stereocenters. The third kappa shape index (κ3) is 2.47. The topological polar surface area (TPSA) is 44.5 Å². The molecule has 0 aliphatic heterocycles. The second-order valence-electron chi connectivity index (χ2n) is 4.53. The van der Waals surface area contributed by atoms with Crippen molar-refractivity contribution < 1.29 is 13.9 Å². The highest BCUT2D eigenvalue weighted by Gasteiger charge is 2.22. The lowest BCUT2D eigenvalue weighted by Gasteiger charge is -2.20. The van der Waals surface area contributed by atoms with Gasteiger partial charge in [0.2, 0.25) is 0 Å². The van der Waals surface area contributed by atoms with Crippen LogP contribution in [0.3, 0.4) is 0 Å². The highest BCUT2D eigenvalue weighted by atomic mass is 19.1. The fraction of sp³-hybridized carbons (Fsp3) is 0.250. The molecule has 0 aromatic heterocycles. The van der Waals surface area contributed by atoms with Crippen LogP contribution in [0, 0.1) is 12.7 Å². The van der Waals surface area contributed by atoms with Crippen molar-refractivity contribution in [1.82, 2.24) is 0 Å². The zero-order valence-corrected chi connectivity index (χ0v) is 11.8. The number of aryl methyl sites for hydroxylation is 1. The lowest BCUT2D eigenvalue weighted by molar-refractivity contribution is 0.381. The minimum absolute atomic E-state index is 0.298. The predicted octanol–water partition coefficient (Wildman–Crippen LogP) is 3.20. The van der Waals surface area contributed by atoms with Crippen molar-refractivity contribution in [2.45, 2.75) is 13.0 Å². The van der Waals surface area contributed by atoms with Gasteiger partial charge in [0, 0.05) is 5.56 Å². The summed E-state index contributed by atoms with van der Waals surface area (Å²) in [6.45, 7) is 1.71. The average molecular weight is 275 g/mol. The van der Waals surface area contributed by atoms with Crippen LogP contribution in [0.1, 0.15) is 22.7 Å². The van der Waals surface area contributed by atoms with E-state index in [-0.39, 0.29) is 5.82 Å². The maximum atomic E-state index is 14.2. The maximum Gasteiger partial charge on any atom is 0.131 e. The van der Waals surface area contributed by atoms with Gasteiger partial charge in [0.25, 0.3) is 0 Å². The molecule has 2 aromatic carbocycles. The minimum atomic E-state index is -0.652. The zero-order valence-electron chi connectivity index (χ0n) is 11.8. The summed E-state index contributed by atoms with van der Waals surface area (Å²) in [6.07, 6.45) is 0. The lowest BCUT2D eigenvalue weighted by atomic mass is 9.96. The summed E-state index contributed by atoms with van der Waals surface area (Å²) in [5.74, 6) is 0.864.